The van der Waals surface area contributed by atoms with Crippen molar-refractivity contribution in [3.63, 3.8) is 0 Å². The van der Waals surface area contributed by atoms with Gasteiger partial charge in [-0.1, -0.05) is 0 Å². The van der Waals surface area contributed by atoms with E-state index >= 15 is 0 Å². The number of carbonyl (C=O) groups excluding carboxylic acids is 1. The summed E-state index contributed by atoms with van der Waals surface area (Å²) >= 11 is 0. The van der Waals surface area contributed by atoms with Crippen molar-refractivity contribution in [1.29, 1.82) is 0 Å². The fourth-order valence-corrected chi connectivity index (χ4v) is 4.52. The Morgan fingerprint density at radius 2 is 1.27 bits per heavy atom. The van der Waals surface area contributed by atoms with E-state index in [2.05, 4.69) is 44.9 Å². The average Bonchev–Trinajstić information content (AvgIpc) is 2.96. The van der Waals surface area contributed by atoms with Crippen molar-refractivity contribution in [3.05, 3.63) is 35.9 Å². The largest absolute Gasteiger partial charge is 0.478 e. The standard InChI is InChI=1S/C27H41N9O5/c1-27(2,3)41-26(39)32-18-21-16-28-24(29-17-21)35-8-4-33(5-9-35)12-14-40-15-13-34-6-10-36(11-7-34)25-30-19-22(20-31-25)23(37)38/h16-17,19-20H,4-15,18H2,1-3H3,(H,32,39)(H,37,38). The summed E-state index contributed by atoms with van der Waals surface area (Å²) in [6.45, 7) is 15.9. The van der Waals surface area contributed by atoms with Crippen LogP contribution in [-0.2, 0) is 16.0 Å². The molecule has 2 aromatic rings. The van der Waals surface area contributed by atoms with Gasteiger partial charge in [0.05, 0.1) is 18.8 Å². The number of aromatic carboxylic acids is 1. The fraction of sp³-hybridized carbons (Fsp3) is 0.630. The van der Waals surface area contributed by atoms with Crippen LogP contribution in [0.3, 0.4) is 0 Å². The predicted octanol–water partition coefficient (Wildman–Crippen LogP) is 0.950. The van der Waals surface area contributed by atoms with Gasteiger partial charge >= 0.3 is 12.1 Å². The van der Waals surface area contributed by atoms with Gasteiger partial charge in [-0.3, -0.25) is 9.80 Å². The van der Waals surface area contributed by atoms with Gasteiger partial charge in [0, 0.05) is 102 Å². The first kappa shape index (κ1) is 30.3. The topological polar surface area (TPSA) is 149 Å². The van der Waals surface area contributed by atoms with E-state index in [0.717, 1.165) is 71.0 Å². The Bertz CT molecular complexity index is 1110. The molecule has 2 aliphatic heterocycles. The van der Waals surface area contributed by atoms with Gasteiger partial charge in [-0.2, -0.15) is 0 Å². The summed E-state index contributed by atoms with van der Waals surface area (Å²) in [4.78, 5) is 49.1. The van der Waals surface area contributed by atoms with Crippen LogP contribution in [0.4, 0.5) is 16.7 Å². The van der Waals surface area contributed by atoms with Gasteiger partial charge in [-0.25, -0.2) is 29.5 Å². The van der Waals surface area contributed by atoms with Gasteiger partial charge in [0.2, 0.25) is 11.9 Å². The van der Waals surface area contributed by atoms with Gasteiger partial charge in [-0.05, 0) is 20.8 Å². The van der Waals surface area contributed by atoms with E-state index in [4.69, 9.17) is 14.6 Å². The molecule has 4 rings (SSSR count). The molecule has 2 fully saturated rings. The number of hydrogen-bond donors (Lipinski definition) is 2. The first-order valence-electron chi connectivity index (χ1n) is 14.0. The molecule has 0 aliphatic carbocycles. The number of alkyl carbamates (subject to hydrolysis) is 1. The number of anilines is 2. The molecule has 2 saturated heterocycles. The molecular formula is C27H41N9O5. The number of carbonyl (C=O) groups is 2. The molecule has 4 heterocycles. The van der Waals surface area contributed by atoms with Crippen LogP contribution in [0.15, 0.2) is 24.8 Å². The molecule has 14 nitrogen and oxygen atoms in total. The summed E-state index contributed by atoms with van der Waals surface area (Å²) in [7, 11) is 0. The van der Waals surface area contributed by atoms with Crippen molar-refractivity contribution in [2.24, 2.45) is 0 Å². The minimum absolute atomic E-state index is 0.0953. The van der Waals surface area contributed by atoms with E-state index in [-0.39, 0.29) is 5.56 Å². The fourth-order valence-electron chi connectivity index (χ4n) is 4.52. The van der Waals surface area contributed by atoms with Crippen LogP contribution in [0, 0.1) is 0 Å². The second kappa shape index (κ2) is 14.3. The third-order valence-electron chi connectivity index (χ3n) is 6.83. The Kier molecular flexibility index (Phi) is 10.6. The van der Waals surface area contributed by atoms with E-state index in [1.807, 2.05) is 20.8 Å². The molecule has 0 radical (unpaired) electrons. The van der Waals surface area contributed by atoms with Crippen LogP contribution >= 0.6 is 0 Å². The number of nitrogens with zero attached hydrogens (tertiary/aromatic N) is 8. The predicted molar refractivity (Wildman–Crippen MR) is 152 cm³/mol. The average molecular weight is 572 g/mol. The van der Waals surface area contributed by atoms with E-state index in [1.54, 1.807) is 12.4 Å². The molecule has 0 bridgehead atoms. The zero-order valence-corrected chi connectivity index (χ0v) is 24.2. The molecule has 2 aliphatic rings. The highest BCUT2D eigenvalue weighted by Crippen LogP contribution is 2.13. The molecule has 2 N–H and O–H groups in total. The minimum Gasteiger partial charge on any atom is -0.478 e. The van der Waals surface area contributed by atoms with Crippen LogP contribution in [-0.4, -0.2) is 131 Å². The SMILES string of the molecule is CC(C)(C)OC(=O)NCc1cnc(N2CCN(CCOCCN3CCN(c4ncc(C(=O)O)cn4)CC3)CC2)nc1. The molecule has 0 atom stereocenters. The molecule has 0 spiro atoms. The van der Waals surface area contributed by atoms with Crippen molar-refractivity contribution in [3.8, 4) is 0 Å². The summed E-state index contributed by atoms with van der Waals surface area (Å²) in [6, 6.07) is 0. The maximum absolute atomic E-state index is 11.8. The normalized spacial score (nSPS) is 17.0. The monoisotopic (exact) mass is 571 g/mol. The van der Waals surface area contributed by atoms with Crippen molar-refractivity contribution in [1.82, 2.24) is 35.1 Å². The third kappa shape index (κ3) is 9.76. The van der Waals surface area contributed by atoms with Crippen molar-refractivity contribution >= 4 is 24.0 Å². The Morgan fingerprint density at radius 1 is 0.805 bits per heavy atom. The van der Waals surface area contributed by atoms with Crippen molar-refractivity contribution < 1.29 is 24.2 Å². The molecule has 1 amide bonds. The Hall–Kier alpha value is -3.62. The van der Waals surface area contributed by atoms with Gasteiger partial charge in [0.15, 0.2) is 0 Å². The number of carboxylic acids is 1. The number of amides is 1. The van der Waals surface area contributed by atoms with E-state index in [1.165, 1.54) is 12.4 Å². The molecule has 0 saturated carbocycles. The summed E-state index contributed by atoms with van der Waals surface area (Å²) in [6.07, 6.45) is 5.73. The minimum atomic E-state index is -1.02. The summed E-state index contributed by atoms with van der Waals surface area (Å²) < 4.78 is 11.2. The summed E-state index contributed by atoms with van der Waals surface area (Å²) in [5.41, 5.74) is 0.380. The number of rotatable bonds is 11. The maximum atomic E-state index is 11.8. The molecule has 0 unspecified atom stereocenters. The molecule has 0 aromatic carbocycles. The van der Waals surface area contributed by atoms with E-state index in [0.29, 0.717) is 31.7 Å². The Balaban J connectivity index is 1.05. The number of carboxylic acid groups (broad SMARTS) is 1. The second-order valence-corrected chi connectivity index (χ2v) is 11.1. The van der Waals surface area contributed by atoms with Crippen LogP contribution in [0.25, 0.3) is 0 Å². The lowest BCUT2D eigenvalue weighted by Crippen LogP contribution is -2.48. The second-order valence-electron chi connectivity index (χ2n) is 11.1. The molecule has 2 aromatic heterocycles. The molecule has 224 valence electrons. The molecule has 41 heavy (non-hydrogen) atoms. The number of nitrogens with one attached hydrogen (secondary N) is 1. The maximum Gasteiger partial charge on any atom is 0.407 e. The van der Waals surface area contributed by atoms with Crippen LogP contribution in [0.2, 0.25) is 0 Å². The smallest absolute Gasteiger partial charge is 0.407 e. The quantitative estimate of drug-likeness (QED) is 0.369. The van der Waals surface area contributed by atoms with Gasteiger partial charge in [-0.15, -0.1) is 0 Å². The van der Waals surface area contributed by atoms with Gasteiger partial charge < -0.3 is 29.7 Å². The zero-order chi connectivity index (χ0) is 29.2. The lowest BCUT2D eigenvalue weighted by Gasteiger charge is -2.35. The van der Waals surface area contributed by atoms with Crippen molar-refractivity contribution in [2.45, 2.75) is 32.9 Å². The summed E-state index contributed by atoms with van der Waals surface area (Å²) in [5, 5.41) is 11.7. The number of piperazine rings is 2. The Morgan fingerprint density at radius 3 is 1.71 bits per heavy atom. The highest BCUT2D eigenvalue weighted by atomic mass is 16.6. The highest BCUT2D eigenvalue weighted by molar-refractivity contribution is 5.86. The number of aromatic nitrogens is 4. The molecule has 14 heteroatoms. The van der Waals surface area contributed by atoms with Gasteiger partial charge in [0.25, 0.3) is 0 Å². The number of ether oxygens (including phenoxy) is 2. The van der Waals surface area contributed by atoms with E-state index in [9.17, 15) is 9.59 Å². The van der Waals surface area contributed by atoms with Crippen LogP contribution in [0.1, 0.15) is 36.7 Å². The first-order valence-corrected chi connectivity index (χ1v) is 14.0. The lowest BCUT2D eigenvalue weighted by molar-refractivity contribution is 0.0522. The third-order valence-corrected chi connectivity index (χ3v) is 6.83. The van der Waals surface area contributed by atoms with Crippen LogP contribution in [0.5, 0.6) is 0 Å². The van der Waals surface area contributed by atoms with Crippen molar-refractivity contribution in [2.75, 3.05) is 88.5 Å². The Labute approximate surface area is 240 Å². The van der Waals surface area contributed by atoms with Crippen LogP contribution < -0.4 is 15.1 Å². The highest BCUT2D eigenvalue weighted by Gasteiger charge is 2.21. The van der Waals surface area contributed by atoms with E-state index < -0.39 is 17.7 Å². The van der Waals surface area contributed by atoms with Gasteiger partial charge in [0.1, 0.15) is 5.60 Å². The number of hydrogen-bond acceptors (Lipinski definition) is 12. The zero-order valence-electron chi connectivity index (χ0n) is 24.2. The summed E-state index contributed by atoms with van der Waals surface area (Å²) in [5.74, 6) is 0.251. The first-order chi connectivity index (χ1) is 19.7. The lowest BCUT2D eigenvalue weighted by atomic mass is 10.2. The molecular weight excluding hydrogens is 530 g/mol.